The number of carbonyl (C=O) groups excluding carboxylic acids is 1. The van der Waals surface area contributed by atoms with E-state index < -0.39 is 22.5 Å². The molecule has 0 aliphatic heterocycles. The smallest absolute Gasteiger partial charge is 0.264 e. The number of hydrogen-bond donors (Lipinski definition) is 1. The van der Waals surface area contributed by atoms with Crippen LogP contribution in [0.2, 0.25) is 5.02 Å². The van der Waals surface area contributed by atoms with Crippen LogP contribution in [0.1, 0.15) is 11.1 Å². The summed E-state index contributed by atoms with van der Waals surface area (Å²) in [5, 5.41) is 4.31. The first-order chi connectivity index (χ1) is 15.7. The van der Waals surface area contributed by atoms with Gasteiger partial charge in [0.05, 0.1) is 23.9 Å². The van der Waals surface area contributed by atoms with Crippen LogP contribution in [0.3, 0.4) is 0 Å². The summed E-state index contributed by atoms with van der Waals surface area (Å²) in [4.78, 5) is 12.8. The predicted octanol–water partition coefficient (Wildman–Crippen LogP) is 4.77. The minimum atomic E-state index is -4.05. The van der Waals surface area contributed by atoms with Crippen LogP contribution in [0.25, 0.3) is 0 Å². The molecule has 0 saturated heterocycles. The number of sulfonamides is 1. The molecule has 3 rings (SSSR count). The maximum Gasteiger partial charge on any atom is 0.264 e. The zero-order valence-corrected chi connectivity index (χ0v) is 21.0. The molecule has 33 heavy (non-hydrogen) atoms. The highest BCUT2D eigenvalue weighted by molar-refractivity contribution is 9.10. The molecule has 3 aromatic carbocycles. The third-order valence-corrected chi connectivity index (χ3v) is 7.15. The molecule has 0 bridgehead atoms. The van der Waals surface area contributed by atoms with Gasteiger partial charge in [-0.2, -0.15) is 5.10 Å². The number of hydrogen-bond acceptors (Lipinski definition) is 5. The Labute approximate surface area is 206 Å². The van der Waals surface area contributed by atoms with E-state index in [-0.39, 0.29) is 4.90 Å². The van der Waals surface area contributed by atoms with E-state index in [0.717, 1.165) is 8.78 Å². The first-order valence-corrected chi connectivity index (χ1v) is 12.3. The summed E-state index contributed by atoms with van der Waals surface area (Å²) in [7, 11) is -2.52. The van der Waals surface area contributed by atoms with Gasteiger partial charge in [-0.3, -0.25) is 9.10 Å². The van der Waals surface area contributed by atoms with Gasteiger partial charge in [0.15, 0.2) is 0 Å². The second-order valence-electron chi connectivity index (χ2n) is 6.93. The van der Waals surface area contributed by atoms with Gasteiger partial charge in [0.2, 0.25) is 0 Å². The number of nitrogens with zero attached hydrogens (tertiary/aromatic N) is 2. The third-order valence-electron chi connectivity index (χ3n) is 4.64. The minimum Gasteiger partial charge on any atom is -0.496 e. The Morgan fingerprint density at radius 2 is 1.88 bits per heavy atom. The lowest BCUT2D eigenvalue weighted by Gasteiger charge is -2.25. The average Bonchev–Trinajstić information content (AvgIpc) is 2.80. The van der Waals surface area contributed by atoms with Crippen molar-refractivity contribution in [1.29, 1.82) is 0 Å². The maximum atomic E-state index is 13.4. The van der Waals surface area contributed by atoms with Gasteiger partial charge in [0.1, 0.15) is 12.3 Å². The second-order valence-corrected chi connectivity index (χ2v) is 10.1. The molecule has 0 radical (unpaired) electrons. The summed E-state index contributed by atoms with van der Waals surface area (Å²) in [6, 6.07) is 18.1. The Bertz CT molecular complexity index is 1280. The molecule has 7 nitrogen and oxygen atoms in total. The molecule has 172 valence electrons. The zero-order valence-electron chi connectivity index (χ0n) is 17.8. The van der Waals surface area contributed by atoms with E-state index >= 15 is 0 Å². The highest BCUT2D eigenvalue weighted by Gasteiger charge is 2.28. The number of methoxy groups -OCH3 is 1. The first-order valence-electron chi connectivity index (χ1n) is 9.72. The van der Waals surface area contributed by atoms with Crippen LogP contribution < -0.4 is 14.5 Å². The van der Waals surface area contributed by atoms with Crippen LogP contribution in [0.5, 0.6) is 5.75 Å². The number of carbonyl (C=O) groups is 1. The Hall–Kier alpha value is -2.88. The molecule has 0 unspecified atom stereocenters. The Balaban J connectivity index is 1.89. The highest BCUT2D eigenvalue weighted by Crippen LogP contribution is 2.29. The van der Waals surface area contributed by atoms with E-state index in [1.54, 1.807) is 49.4 Å². The Kier molecular flexibility index (Phi) is 8.12. The molecule has 0 aliphatic rings. The Morgan fingerprint density at radius 1 is 1.15 bits per heavy atom. The number of halogens is 2. The van der Waals surface area contributed by atoms with Crippen molar-refractivity contribution in [3.63, 3.8) is 0 Å². The molecule has 0 saturated carbocycles. The van der Waals surface area contributed by atoms with Crippen molar-refractivity contribution in [3.8, 4) is 5.75 Å². The summed E-state index contributed by atoms with van der Waals surface area (Å²) >= 11 is 9.50. The number of rotatable bonds is 8. The molecule has 1 amide bonds. The molecule has 3 aromatic rings. The fourth-order valence-electron chi connectivity index (χ4n) is 3.02. The van der Waals surface area contributed by atoms with Crippen molar-refractivity contribution in [1.82, 2.24) is 5.43 Å². The lowest BCUT2D eigenvalue weighted by molar-refractivity contribution is -0.119. The second kappa shape index (κ2) is 10.8. The quantitative estimate of drug-likeness (QED) is 0.323. The third kappa shape index (κ3) is 6.13. The van der Waals surface area contributed by atoms with Crippen LogP contribution in [-0.2, 0) is 14.8 Å². The number of anilines is 1. The topological polar surface area (TPSA) is 88.1 Å². The molecular weight excluding hydrogens is 530 g/mol. The molecule has 0 spiro atoms. The molecular formula is C23H21BrClN3O4S. The minimum absolute atomic E-state index is 0.0551. The largest absolute Gasteiger partial charge is 0.496 e. The number of ether oxygens (including phenoxy) is 1. The number of hydrazone groups is 1. The normalized spacial score (nSPS) is 11.4. The zero-order chi connectivity index (χ0) is 24.0. The summed E-state index contributed by atoms with van der Waals surface area (Å²) < 4.78 is 33.9. The molecule has 0 heterocycles. The number of nitrogens with one attached hydrogen (secondary N) is 1. The Morgan fingerprint density at radius 3 is 2.58 bits per heavy atom. The van der Waals surface area contributed by atoms with E-state index in [4.69, 9.17) is 16.3 Å². The fourth-order valence-corrected chi connectivity index (χ4v) is 5.06. The van der Waals surface area contributed by atoms with E-state index in [1.165, 1.54) is 31.5 Å². The van der Waals surface area contributed by atoms with Gasteiger partial charge in [0.25, 0.3) is 15.9 Å². The standard InChI is InChI=1S/C23H21BrClN3O4S/c1-16-8-10-19(25)13-21(16)28(33(30,31)20-6-4-3-5-7-20)15-23(29)27-26-14-17-12-18(24)9-11-22(17)32-2/h3-14H,15H2,1-2H3,(H,27,29)/b26-14-. The van der Waals surface area contributed by atoms with Crippen molar-refractivity contribution >= 4 is 55.4 Å². The number of aryl methyl sites for hydroxylation is 1. The van der Waals surface area contributed by atoms with Gasteiger partial charge in [-0.25, -0.2) is 13.8 Å². The van der Waals surface area contributed by atoms with E-state index in [1.807, 2.05) is 6.07 Å². The predicted molar refractivity (Wildman–Crippen MR) is 134 cm³/mol. The van der Waals surface area contributed by atoms with Crippen molar-refractivity contribution in [2.24, 2.45) is 5.10 Å². The number of amides is 1. The van der Waals surface area contributed by atoms with Gasteiger partial charge in [-0.1, -0.05) is 51.8 Å². The molecule has 0 aromatic heterocycles. The summed E-state index contributed by atoms with van der Waals surface area (Å²) in [5.74, 6) is -0.0573. The van der Waals surface area contributed by atoms with Gasteiger partial charge >= 0.3 is 0 Å². The van der Waals surface area contributed by atoms with Gasteiger partial charge < -0.3 is 4.74 Å². The average molecular weight is 551 g/mol. The van der Waals surface area contributed by atoms with Crippen LogP contribution in [0, 0.1) is 6.92 Å². The monoisotopic (exact) mass is 549 g/mol. The van der Waals surface area contributed by atoms with Crippen LogP contribution in [-0.4, -0.2) is 34.2 Å². The van der Waals surface area contributed by atoms with Crippen molar-refractivity contribution in [2.75, 3.05) is 18.0 Å². The van der Waals surface area contributed by atoms with Gasteiger partial charge in [-0.05, 0) is 55.0 Å². The molecule has 0 atom stereocenters. The van der Waals surface area contributed by atoms with E-state index in [2.05, 4.69) is 26.5 Å². The SMILES string of the molecule is COc1ccc(Br)cc1/C=N\NC(=O)CN(c1cc(Cl)ccc1C)S(=O)(=O)c1ccccc1. The van der Waals surface area contributed by atoms with Crippen LogP contribution >= 0.6 is 27.5 Å². The van der Waals surface area contributed by atoms with Crippen molar-refractivity contribution in [2.45, 2.75) is 11.8 Å². The highest BCUT2D eigenvalue weighted by atomic mass is 79.9. The lowest BCUT2D eigenvalue weighted by Crippen LogP contribution is -2.40. The first kappa shape index (κ1) is 24.8. The lowest BCUT2D eigenvalue weighted by atomic mass is 10.2. The van der Waals surface area contributed by atoms with Crippen LogP contribution in [0.15, 0.2) is 81.2 Å². The number of benzene rings is 3. The van der Waals surface area contributed by atoms with Crippen molar-refractivity contribution < 1.29 is 17.9 Å². The van der Waals surface area contributed by atoms with Gasteiger partial charge in [0, 0.05) is 15.1 Å². The summed E-state index contributed by atoms with van der Waals surface area (Å²) in [6.07, 6.45) is 1.42. The van der Waals surface area contributed by atoms with Crippen molar-refractivity contribution in [3.05, 3.63) is 87.4 Å². The fraction of sp³-hybridized carbons (Fsp3) is 0.130. The summed E-state index contributed by atoms with van der Waals surface area (Å²) in [6.45, 7) is 1.25. The van der Waals surface area contributed by atoms with E-state index in [9.17, 15) is 13.2 Å². The molecule has 0 fully saturated rings. The van der Waals surface area contributed by atoms with Crippen LogP contribution in [0.4, 0.5) is 5.69 Å². The molecule has 10 heteroatoms. The van der Waals surface area contributed by atoms with E-state index in [0.29, 0.717) is 27.6 Å². The maximum absolute atomic E-state index is 13.4. The molecule has 0 aliphatic carbocycles. The summed E-state index contributed by atoms with van der Waals surface area (Å²) in [5.41, 5.74) is 3.96. The van der Waals surface area contributed by atoms with Gasteiger partial charge in [-0.15, -0.1) is 0 Å². The molecule has 1 N–H and O–H groups in total.